The van der Waals surface area contributed by atoms with Crippen molar-refractivity contribution < 1.29 is 18.9 Å². The maximum atomic E-state index is 10.5. The molecule has 78 valence electrons. The highest BCUT2D eigenvalue weighted by molar-refractivity contribution is 7.43. The molecule has 0 unspecified atom stereocenters. The van der Waals surface area contributed by atoms with Gasteiger partial charge in [-0.2, -0.15) is 0 Å². The first kappa shape index (κ1) is 10.1. The van der Waals surface area contributed by atoms with E-state index in [0.717, 1.165) is 0 Å². The number of rotatable bonds is 2. The standard InChI is InChI=1S/C9H8NO4P/c11-15(12,13)14-8-5-1-3-7-4-2-6-10-9(7)8/h1-6H,(H2,11,12,13)/p-2. The van der Waals surface area contributed by atoms with E-state index in [4.69, 9.17) is 0 Å². The van der Waals surface area contributed by atoms with Gasteiger partial charge in [-0.15, -0.1) is 0 Å². The van der Waals surface area contributed by atoms with Crippen molar-refractivity contribution in [1.82, 2.24) is 4.98 Å². The van der Waals surface area contributed by atoms with Crippen LogP contribution in [0, 0.1) is 0 Å². The number of benzene rings is 1. The Hall–Kier alpha value is -1.42. The van der Waals surface area contributed by atoms with E-state index in [0.29, 0.717) is 10.9 Å². The number of para-hydroxylation sites is 1. The summed E-state index contributed by atoms with van der Waals surface area (Å²) in [4.78, 5) is 24.9. The number of hydrogen-bond donors (Lipinski definition) is 0. The van der Waals surface area contributed by atoms with E-state index in [1.165, 1.54) is 12.3 Å². The first-order chi connectivity index (χ1) is 7.06. The smallest absolute Gasteiger partial charge is 0.150 e. The average molecular weight is 223 g/mol. The van der Waals surface area contributed by atoms with Crippen molar-refractivity contribution in [2.24, 2.45) is 0 Å². The van der Waals surface area contributed by atoms with Crippen LogP contribution in [0.25, 0.3) is 10.9 Å². The molecule has 0 radical (unpaired) electrons. The molecule has 2 aromatic rings. The van der Waals surface area contributed by atoms with Crippen molar-refractivity contribution in [3.8, 4) is 5.75 Å². The van der Waals surface area contributed by atoms with E-state index < -0.39 is 7.82 Å². The number of phosphoric ester groups is 1. The van der Waals surface area contributed by atoms with Crippen molar-refractivity contribution in [3.63, 3.8) is 0 Å². The van der Waals surface area contributed by atoms with Gasteiger partial charge in [0.05, 0.1) is 0 Å². The molecular weight excluding hydrogens is 217 g/mol. The van der Waals surface area contributed by atoms with Gasteiger partial charge < -0.3 is 18.9 Å². The van der Waals surface area contributed by atoms with Gasteiger partial charge in [-0.05, 0) is 12.1 Å². The Morgan fingerprint density at radius 1 is 1.20 bits per heavy atom. The van der Waals surface area contributed by atoms with Gasteiger partial charge in [0.15, 0.2) is 5.75 Å². The fraction of sp³-hybridized carbons (Fsp3) is 0. The van der Waals surface area contributed by atoms with E-state index >= 15 is 0 Å². The third-order valence-corrected chi connectivity index (χ3v) is 2.23. The summed E-state index contributed by atoms with van der Waals surface area (Å²) in [5.74, 6) is -0.0403. The van der Waals surface area contributed by atoms with Gasteiger partial charge >= 0.3 is 0 Å². The minimum absolute atomic E-state index is 0.0403. The summed E-state index contributed by atoms with van der Waals surface area (Å²) in [5.41, 5.74) is 0.354. The first-order valence-corrected chi connectivity index (χ1v) is 5.58. The molecule has 0 fully saturated rings. The van der Waals surface area contributed by atoms with Crippen molar-refractivity contribution in [3.05, 3.63) is 36.5 Å². The lowest BCUT2D eigenvalue weighted by molar-refractivity contribution is -0.333. The lowest BCUT2D eigenvalue weighted by Crippen LogP contribution is -2.18. The van der Waals surface area contributed by atoms with Gasteiger partial charge in [-0.3, -0.25) is 4.98 Å². The average Bonchev–Trinajstić information content (AvgIpc) is 2.16. The van der Waals surface area contributed by atoms with Crippen LogP contribution in [-0.4, -0.2) is 4.98 Å². The zero-order valence-electron chi connectivity index (χ0n) is 7.49. The Bertz CT molecular complexity index is 531. The zero-order chi connectivity index (χ0) is 10.9. The first-order valence-electron chi connectivity index (χ1n) is 4.12. The number of nitrogens with zero attached hydrogens (tertiary/aromatic N) is 1. The molecule has 0 aliphatic carbocycles. The van der Waals surface area contributed by atoms with Crippen LogP contribution in [-0.2, 0) is 4.57 Å². The van der Waals surface area contributed by atoms with Crippen LogP contribution in [0.5, 0.6) is 5.75 Å². The summed E-state index contributed by atoms with van der Waals surface area (Å²) in [6.07, 6.45) is 1.50. The zero-order valence-corrected chi connectivity index (χ0v) is 8.39. The predicted molar refractivity (Wildman–Crippen MR) is 50.0 cm³/mol. The highest BCUT2D eigenvalue weighted by Gasteiger charge is 2.03. The molecule has 6 heteroatoms. The minimum atomic E-state index is -5.03. The van der Waals surface area contributed by atoms with Crippen LogP contribution in [0.1, 0.15) is 0 Å². The van der Waals surface area contributed by atoms with Crippen molar-refractivity contribution >= 4 is 18.7 Å². The topological polar surface area (TPSA) is 85.3 Å². The van der Waals surface area contributed by atoms with E-state index in [-0.39, 0.29) is 5.75 Å². The molecule has 0 aliphatic heterocycles. The van der Waals surface area contributed by atoms with Gasteiger partial charge in [0, 0.05) is 11.6 Å². The van der Waals surface area contributed by atoms with E-state index in [2.05, 4.69) is 9.51 Å². The van der Waals surface area contributed by atoms with Gasteiger partial charge in [0.25, 0.3) is 0 Å². The Morgan fingerprint density at radius 3 is 2.67 bits per heavy atom. The second-order valence-corrected chi connectivity index (χ2v) is 3.95. The van der Waals surface area contributed by atoms with Crippen molar-refractivity contribution in [1.29, 1.82) is 0 Å². The summed E-state index contributed by atoms with van der Waals surface area (Å²) in [6, 6.07) is 8.18. The molecular formula is C9H6NO4P-2. The largest absolute Gasteiger partial charge is 0.780 e. The lowest BCUT2D eigenvalue weighted by atomic mass is 10.2. The molecule has 0 aliphatic rings. The third kappa shape index (κ3) is 2.33. The Kier molecular flexibility index (Phi) is 2.44. The maximum Gasteiger partial charge on any atom is 0.150 e. The quantitative estimate of drug-likeness (QED) is 0.689. The normalized spacial score (nSPS) is 11.6. The summed E-state index contributed by atoms with van der Waals surface area (Å²) in [7, 11) is -5.03. The Labute approximate surface area is 85.6 Å². The summed E-state index contributed by atoms with van der Waals surface area (Å²) in [5, 5.41) is 0.712. The fourth-order valence-corrected chi connectivity index (χ4v) is 1.66. The number of pyridine rings is 1. The predicted octanol–water partition coefficient (Wildman–Crippen LogP) is 0.442. The second kappa shape index (κ2) is 3.62. The molecule has 0 atom stereocenters. The molecule has 0 saturated heterocycles. The van der Waals surface area contributed by atoms with E-state index in [1.54, 1.807) is 24.3 Å². The van der Waals surface area contributed by atoms with E-state index in [9.17, 15) is 14.4 Å². The third-order valence-electron chi connectivity index (χ3n) is 1.81. The molecule has 1 aromatic heterocycles. The number of hydrogen-bond acceptors (Lipinski definition) is 5. The number of fused-ring (bicyclic) bond motifs is 1. The van der Waals surface area contributed by atoms with Crippen LogP contribution < -0.4 is 14.3 Å². The van der Waals surface area contributed by atoms with Crippen LogP contribution in [0.2, 0.25) is 0 Å². The lowest BCUT2D eigenvalue weighted by Gasteiger charge is -2.29. The molecule has 2 rings (SSSR count). The molecule has 15 heavy (non-hydrogen) atoms. The second-order valence-electron chi connectivity index (χ2n) is 2.87. The number of phosphoric acid groups is 1. The molecule has 0 spiro atoms. The monoisotopic (exact) mass is 223 g/mol. The van der Waals surface area contributed by atoms with Crippen molar-refractivity contribution in [2.75, 3.05) is 0 Å². The summed E-state index contributed by atoms with van der Waals surface area (Å²) >= 11 is 0. The molecule has 0 saturated carbocycles. The van der Waals surface area contributed by atoms with Crippen LogP contribution in [0.15, 0.2) is 36.5 Å². The van der Waals surface area contributed by atoms with Gasteiger partial charge in [0.2, 0.25) is 0 Å². The summed E-state index contributed by atoms with van der Waals surface area (Å²) in [6.45, 7) is 0. The van der Waals surface area contributed by atoms with E-state index in [1.807, 2.05) is 0 Å². The summed E-state index contributed by atoms with van der Waals surface area (Å²) < 4.78 is 14.8. The molecule has 1 aromatic carbocycles. The van der Waals surface area contributed by atoms with Gasteiger partial charge in [-0.25, -0.2) is 0 Å². The fourth-order valence-electron chi connectivity index (χ4n) is 1.27. The molecule has 5 nitrogen and oxygen atoms in total. The molecule has 0 bridgehead atoms. The minimum Gasteiger partial charge on any atom is -0.780 e. The van der Waals surface area contributed by atoms with Crippen LogP contribution in [0.4, 0.5) is 0 Å². The molecule has 1 heterocycles. The van der Waals surface area contributed by atoms with Crippen LogP contribution >= 0.6 is 7.82 Å². The molecule has 0 N–H and O–H groups in total. The van der Waals surface area contributed by atoms with Crippen molar-refractivity contribution in [2.45, 2.75) is 0 Å². The SMILES string of the molecule is O=P([O-])([O-])Oc1cccc2cccnc12. The number of aromatic nitrogens is 1. The highest BCUT2D eigenvalue weighted by Crippen LogP contribution is 2.33. The Morgan fingerprint density at radius 2 is 1.93 bits per heavy atom. The van der Waals surface area contributed by atoms with Gasteiger partial charge in [-0.1, -0.05) is 18.2 Å². The van der Waals surface area contributed by atoms with Crippen LogP contribution in [0.3, 0.4) is 0 Å². The van der Waals surface area contributed by atoms with Gasteiger partial charge in [0.1, 0.15) is 13.3 Å². The maximum absolute atomic E-state index is 10.5. The Balaban J connectivity index is 2.56. The molecule has 0 amide bonds. The highest BCUT2D eigenvalue weighted by atomic mass is 31.2.